The fraction of sp³-hybridized carbons (Fsp3) is 0.731. The van der Waals surface area contributed by atoms with E-state index in [0.717, 1.165) is 89.9 Å². The highest BCUT2D eigenvalue weighted by atomic mass is 31.2. The Balaban J connectivity index is 5.36. The van der Waals surface area contributed by atoms with Crippen LogP contribution in [0.1, 0.15) is 265 Å². The number of nitrogens with one attached hydrogen (secondary N) is 1. The molecular formula is C67H119N2O7P. The highest BCUT2D eigenvalue weighted by Crippen LogP contribution is 2.38. The largest absolute Gasteiger partial charge is 0.756 e. The number of nitrogens with zero attached hydrogens (tertiary/aromatic N) is 1. The van der Waals surface area contributed by atoms with Crippen LogP contribution in [0.3, 0.4) is 0 Å². The number of hydrogen-bond acceptors (Lipinski definition) is 7. The van der Waals surface area contributed by atoms with Crippen LogP contribution in [0.2, 0.25) is 0 Å². The molecule has 0 fully saturated rings. The molecule has 0 rings (SSSR count). The van der Waals surface area contributed by atoms with Crippen molar-refractivity contribution in [3.8, 4) is 0 Å². The average Bonchev–Trinajstić information content (AvgIpc) is 3.39. The number of allylic oxidation sites excluding steroid dienone is 15. The molecule has 0 aromatic carbocycles. The van der Waals surface area contributed by atoms with Crippen LogP contribution < -0.4 is 10.2 Å². The minimum Gasteiger partial charge on any atom is -0.756 e. The van der Waals surface area contributed by atoms with E-state index >= 15 is 0 Å². The van der Waals surface area contributed by atoms with Crippen molar-refractivity contribution in [1.29, 1.82) is 0 Å². The molecule has 0 aliphatic rings. The number of phosphoric acid groups is 1. The molecule has 444 valence electrons. The highest BCUT2D eigenvalue weighted by Gasteiger charge is 2.27. The van der Waals surface area contributed by atoms with E-state index in [4.69, 9.17) is 13.8 Å². The molecule has 0 aromatic heterocycles. The van der Waals surface area contributed by atoms with E-state index in [1.165, 1.54) is 135 Å². The Bertz CT molecular complexity index is 1640. The Labute approximate surface area is 475 Å². The smallest absolute Gasteiger partial charge is 0.306 e. The van der Waals surface area contributed by atoms with Gasteiger partial charge in [0.15, 0.2) is 0 Å². The van der Waals surface area contributed by atoms with Gasteiger partial charge >= 0.3 is 5.97 Å². The van der Waals surface area contributed by atoms with Crippen LogP contribution in [0.5, 0.6) is 0 Å². The van der Waals surface area contributed by atoms with Gasteiger partial charge in [0.1, 0.15) is 19.3 Å². The minimum absolute atomic E-state index is 0.0364. The first-order valence-corrected chi connectivity index (χ1v) is 33.0. The van der Waals surface area contributed by atoms with E-state index in [9.17, 15) is 19.0 Å². The van der Waals surface area contributed by atoms with Crippen molar-refractivity contribution < 1.29 is 37.3 Å². The molecule has 10 heteroatoms. The van der Waals surface area contributed by atoms with Gasteiger partial charge in [0.2, 0.25) is 5.91 Å². The highest BCUT2D eigenvalue weighted by molar-refractivity contribution is 7.45. The summed E-state index contributed by atoms with van der Waals surface area (Å²) in [4.78, 5) is 40.0. The lowest BCUT2D eigenvalue weighted by Crippen LogP contribution is -2.47. The van der Waals surface area contributed by atoms with Crippen LogP contribution in [0.4, 0.5) is 0 Å². The second-order valence-electron chi connectivity index (χ2n) is 22.2. The molecular weight excluding hydrogens is 976 g/mol. The van der Waals surface area contributed by atoms with Crippen LogP contribution in [0, 0.1) is 0 Å². The molecule has 0 aliphatic heterocycles. The number of rotatable bonds is 56. The van der Waals surface area contributed by atoms with Gasteiger partial charge in [-0.2, -0.15) is 0 Å². The maximum absolute atomic E-state index is 13.5. The predicted octanol–water partition coefficient (Wildman–Crippen LogP) is 18.9. The summed E-state index contributed by atoms with van der Waals surface area (Å²) in [7, 11) is 1.14. The van der Waals surface area contributed by atoms with Gasteiger partial charge in [0, 0.05) is 12.8 Å². The Kier molecular flexibility index (Phi) is 54.0. The number of phosphoric ester groups is 1. The Morgan fingerprint density at radius 3 is 1.23 bits per heavy atom. The Hall–Kier alpha value is -3.07. The number of carbonyl (C=O) groups excluding carboxylic acids is 2. The molecule has 0 radical (unpaired) electrons. The van der Waals surface area contributed by atoms with Gasteiger partial charge in [-0.25, -0.2) is 0 Å². The fourth-order valence-electron chi connectivity index (χ4n) is 8.58. The molecule has 0 aliphatic carbocycles. The maximum atomic E-state index is 13.5. The van der Waals surface area contributed by atoms with Gasteiger partial charge < -0.3 is 28.5 Å². The van der Waals surface area contributed by atoms with E-state index in [-0.39, 0.29) is 18.9 Å². The first-order valence-electron chi connectivity index (χ1n) is 31.5. The van der Waals surface area contributed by atoms with Crippen molar-refractivity contribution in [3.05, 3.63) is 97.2 Å². The van der Waals surface area contributed by atoms with E-state index in [0.29, 0.717) is 23.9 Å². The van der Waals surface area contributed by atoms with E-state index in [2.05, 4.69) is 111 Å². The molecule has 0 aromatic rings. The molecule has 3 unspecified atom stereocenters. The minimum atomic E-state index is -4.72. The second-order valence-corrected chi connectivity index (χ2v) is 23.6. The molecule has 0 saturated heterocycles. The number of quaternary nitrogens is 1. The van der Waals surface area contributed by atoms with Gasteiger partial charge in [-0.05, 0) is 109 Å². The lowest BCUT2D eigenvalue weighted by molar-refractivity contribution is -0.870. The zero-order chi connectivity index (χ0) is 56.4. The summed E-state index contributed by atoms with van der Waals surface area (Å²) in [5.74, 6) is -0.617. The number of esters is 1. The van der Waals surface area contributed by atoms with Crippen LogP contribution >= 0.6 is 7.82 Å². The van der Waals surface area contributed by atoms with Gasteiger partial charge in [-0.3, -0.25) is 14.2 Å². The molecule has 0 spiro atoms. The third-order valence-electron chi connectivity index (χ3n) is 13.5. The predicted molar refractivity (Wildman–Crippen MR) is 330 cm³/mol. The summed E-state index contributed by atoms with van der Waals surface area (Å²) >= 11 is 0. The van der Waals surface area contributed by atoms with Crippen LogP contribution in [-0.2, 0) is 27.9 Å². The zero-order valence-corrected chi connectivity index (χ0v) is 51.5. The maximum Gasteiger partial charge on any atom is 0.306 e. The van der Waals surface area contributed by atoms with Gasteiger partial charge in [0.25, 0.3) is 7.82 Å². The monoisotopic (exact) mass is 1090 g/mol. The number of carbonyl (C=O) groups is 2. The standard InChI is InChI=1S/C67H119N2O7P/c1-7-10-13-16-19-22-25-28-30-32-33-34-35-37-38-41-44-47-50-53-56-59-66(70)68-64(63-75-77(72,73)74-62-61-69(4,5)6)65(58-55-52-49-46-43-40-27-24-21-18-15-12-9-3)76-67(71)60-57-54-51-48-45-42-39-36-31-29-26-23-20-17-14-11-8-2/h19-20,22-23,28-31,33-34,39,42,48,51,55,58,64-65H,7-18,21,24-27,32,35-38,40-41,43-47,49-50,52-54,56-57,59-63H2,1-6H3,(H-,68,70,72,73)/b22-19-,23-20-,30-28-,31-29-,34-33-,42-39-,51-48-,58-55-. The summed E-state index contributed by atoms with van der Waals surface area (Å²) < 4.78 is 30.3. The fourth-order valence-corrected chi connectivity index (χ4v) is 9.30. The molecule has 0 bridgehead atoms. The summed E-state index contributed by atoms with van der Waals surface area (Å²) in [6, 6.07) is -0.920. The van der Waals surface area contributed by atoms with E-state index in [1.807, 2.05) is 33.3 Å². The van der Waals surface area contributed by atoms with Crippen molar-refractivity contribution in [3.63, 3.8) is 0 Å². The molecule has 77 heavy (non-hydrogen) atoms. The molecule has 0 heterocycles. The first kappa shape index (κ1) is 73.9. The van der Waals surface area contributed by atoms with Gasteiger partial charge in [-0.15, -0.1) is 0 Å². The summed E-state index contributed by atoms with van der Waals surface area (Å²) in [5, 5.41) is 3.01. The van der Waals surface area contributed by atoms with Crippen LogP contribution in [-0.4, -0.2) is 69.4 Å². The summed E-state index contributed by atoms with van der Waals surface area (Å²) in [6.07, 6.45) is 75.2. The molecule has 1 N–H and O–H groups in total. The molecule has 3 atom stereocenters. The van der Waals surface area contributed by atoms with Crippen molar-refractivity contribution in [1.82, 2.24) is 5.32 Å². The lowest BCUT2D eigenvalue weighted by Gasteiger charge is -2.30. The quantitative estimate of drug-likeness (QED) is 0.0212. The SMILES string of the molecule is CCCCC/C=C\C/C=C\C/C=C\C/C=C\CCCC(=O)OC(/C=C\CCCCCCCCCCCCC)C(COP(=O)([O-])OCC[N+](C)(C)C)NC(=O)CCCCCCCCCC/C=C\C/C=C\C/C=C\CCCCC. The lowest BCUT2D eigenvalue weighted by atomic mass is 10.0. The Morgan fingerprint density at radius 1 is 0.455 bits per heavy atom. The number of unbranched alkanes of at least 4 members (excludes halogenated alkanes) is 26. The van der Waals surface area contributed by atoms with E-state index < -0.39 is 32.5 Å². The number of amides is 1. The van der Waals surface area contributed by atoms with Gasteiger partial charge in [0.05, 0.1) is 33.8 Å². The summed E-state index contributed by atoms with van der Waals surface area (Å²) in [5.41, 5.74) is 0. The van der Waals surface area contributed by atoms with Crippen molar-refractivity contribution in [2.45, 2.75) is 277 Å². The molecule has 1 amide bonds. The normalized spacial score (nSPS) is 14.3. The molecule has 9 nitrogen and oxygen atoms in total. The van der Waals surface area contributed by atoms with Crippen LogP contribution in [0.25, 0.3) is 0 Å². The number of likely N-dealkylation sites (N-methyl/N-ethyl adjacent to an activating group) is 1. The third kappa shape index (κ3) is 57.4. The third-order valence-corrected chi connectivity index (χ3v) is 14.5. The zero-order valence-electron chi connectivity index (χ0n) is 50.6. The molecule has 0 saturated carbocycles. The average molecular weight is 1100 g/mol. The van der Waals surface area contributed by atoms with Crippen molar-refractivity contribution in [2.75, 3.05) is 40.9 Å². The first-order chi connectivity index (χ1) is 37.4. The van der Waals surface area contributed by atoms with Crippen LogP contribution in [0.15, 0.2) is 97.2 Å². The number of hydrogen-bond donors (Lipinski definition) is 1. The van der Waals surface area contributed by atoms with E-state index in [1.54, 1.807) is 0 Å². The number of ether oxygens (including phenoxy) is 1. The van der Waals surface area contributed by atoms with Gasteiger partial charge in [-0.1, -0.05) is 240 Å². The topological polar surface area (TPSA) is 114 Å². The van der Waals surface area contributed by atoms with Crippen molar-refractivity contribution >= 4 is 19.7 Å². The van der Waals surface area contributed by atoms with Crippen molar-refractivity contribution in [2.24, 2.45) is 0 Å². The summed E-state index contributed by atoms with van der Waals surface area (Å²) in [6.45, 7) is 6.75. The Morgan fingerprint density at radius 2 is 0.805 bits per heavy atom. The second kappa shape index (κ2) is 56.2.